The van der Waals surface area contributed by atoms with Crippen LogP contribution in [-0.2, 0) is 13.1 Å². The summed E-state index contributed by atoms with van der Waals surface area (Å²) in [5, 5.41) is 8.06. The van der Waals surface area contributed by atoms with Gasteiger partial charge < -0.3 is 5.32 Å². The summed E-state index contributed by atoms with van der Waals surface area (Å²) in [5.74, 6) is 0. The smallest absolute Gasteiger partial charge is 0.0597 e. The highest BCUT2D eigenvalue weighted by atomic mass is 15.3. The van der Waals surface area contributed by atoms with E-state index in [0.29, 0.717) is 6.04 Å². The first kappa shape index (κ1) is 13.8. The van der Waals surface area contributed by atoms with Crippen LogP contribution in [0, 0.1) is 13.8 Å². The lowest BCUT2D eigenvalue weighted by atomic mass is 10.0. The van der Waals surface area contributed by atoms with Crippen molar-refractivity contribution in [2.24, 2.45) is 0 Å². The van der Waals surface area contributed by atoms with Crippen LogP contribution in [-0.4, -0.2) is 9.78 Å². The van der Waals surface area contributed by atoms with Crippen LogP contribution in [0.5, 0.6) is 0 Å². The summed E-state index contributed by atoms with van der Waals surface area (Å²) in [7, 11) is 0. The van der Waals surface area contributed by atoms with Crippen molar-refractivity contribution >= 4 is 0 Å². The second-order valence-electron chi connectivity index (χ2n) is 5.05. The van der Waals surface area contributed by atoms with E-state index in [2.05, 4.69) is 66.2 Å². The van der Waals surface area contributed by atoms with Gasteiger partial charge in [-0.3, -0.25) is 4.68 Å². The third kappa shape index (κ3) is 3.24. The van der Waals surface area contributed by atoms with E-state index in [1.165, 1.54) is 16.8 Å². The fourth-order valence-corrected chi connectivity index (χ4v) is 2.46. The van der Waals surface area contributed by atoms with Crippen LogP contribution in [0.15, 0.2) is 30.3 Å². The number of aromatic nitrogens is 2. The molecule has 0 amide bonds. The highest BCUT2D eigenvalue weighted by Gasteiger charge is 2.09. The van der Waals surface area contributed by atoms with Crippen molar-refractivity contribution in [1.29, 1.82) is 0 Å². The van der Waals surface area contributed by atoms with Crippen LogP contribution in [0.3, 0.4) is 0 Å². The SMILES string of the molecule is CCn1nc(C)cc1CN[C@@H](C)c1ccccc1C. The summed E-state index contributed by atoms with van der Waals surface area (Å²) in [5.41, 5.74) is 5.03. The van der Waals surface area contributed by atoms with E-state index in [-0.39, 0.29) is 0 Å². The predicted molar refractivity (Wildman–Crippen MR) is 79.1 cm³/mol. The van der Waals surface area contributed by atoms with E-state index in [4.69, 9.17) is 0 Å². The molecular formula is C16H23N3. The molecular weight excluding hydrogens is 234 g/mol. The Bertz CT molecular complexity index is 543. The summed E-state index contributed by atoms with van der Waals surface area (Å²) in [6.45, 7) is 10.3. The first-order valence-corrected chi connectivity index (χ1v) is 6.94. The first-order chi connectivity index (χ1) is 9.11. The quantitative estimate of drug-likeness (QED) is 0.890. The molecule has 0 unspecified atom stereocenters. The van der Waals surface area contributed by atoms with E-state index >= 15 is 0 Å². The molecule has 0 aliphatic carbocycles. The number of rotatable bonds is 5. The van der Waals surface area contributed by atoms with Crippen molar-refractivity contribution in [2.75, 3.05) is 0 Å². The molecule has 1 atom stereocenters. The Morgan fingerprint density at radius 3 is 2.68 bits per heavy atom. The number of aryl methyl sites for hydroxylation is 3. The van der Waals surface area contributed by atoms with Crippen molar-refractivity contribution in [3.05, 3.63) is 52.8 Å². The molecule has 2 rings (SSSR count). The average molecular weight is 257 g/mol. The van der Waals surface area contributed by atoms with Gasteiger partial charge in [-0.2, -0.15) is 5.10 Å². The molecule has 0 aliphatic heterocycles. The van der Waals surface area contributed by atoms with Crippen molar-refractivity contribution < 1.29 is 0 Å². The highest BCUT2D eigenvalue weighted by Crippen LogP contribution is 2.17. The monoisotopic (exact) mass is 257 g/mol. The second kappa shape index (κ2) is 6.02. The largest absolute Gasteiger partial charge is 0.305 e. The maximum absolute atomic E-state index is 4.47. The van der Waals surface area contributed by atoms with E-state index < -0.39 is 0 Å². The molecule has 3 heteroatoms. The van der Waals surface area contributed by atoms with Gasteiger partial charge in [0.2, 0.25) is 0 Å². The van der Waals surface area contributed by atoms with Gasteiger partial charge in [0, 0.05) is 19.1 Å². The fraction of sp³-hybridized carbons (Fsp3) is 0.438. The molecule has 1 heterocycles. The zero-order valence-corrected chi connectivity index (χ0v) is 12.3. The molecule has 0 spiro atoms. The van der Waals surface area contributed by atoms with Gasteiger partial charge in [-0.15, -0.1) is 0 Å². The Kier molecular flexibility index (Phi) is 4.38. The van der Waals surface area contributed by atoms with Gasteiger partial charge in [-0.05, 0) is 44.9 Å². The van der Waals surface area contributed by atoms with Gasteiger partial charge in [0.15, 0.2) is 0 Å². The topological polar surface area (TPSA) is 29.9 Å². The van der Waals surface area contributed by atoms with Gasteiger partial charge in [-0.25, -0.2) is 0 Å². The van der Waals surface area contributed by atoms with Gasteiger partial charge in [-0.1, -0.05) is 24.3 Å². The maximum atomic E-state index is 4.47. The summed E-state index contributed by atoms with van der Waals surface area (Å²) < 4.78 is 2.06. The van der Waals surface area contributed by atoms with Crippen molar-refractivity contribution in [1.82, 2.24) is 15.1 Å². The minimum absolute atomic E-state index is 0.349. The highest BCUT2D eigenvalue weighted by molar-refractivity contribution is 5.28. The van der Waals surface area contributed by atoms with Crippen molar-refractivity contribution in [2.45, 2.75) is 46.8 Å². The molecule has 0 fully saturated rings. The number of benzene rings is 1. The van der Waals surface area contributed by atoms with Crippen LogP contribution in [0.2, 0.25) is 0 Å². The molecule has 3 nitrogen and oxygen atoms in total. The zero-order chi connectivity index (χ0) is 13.8. The maximum Gasteiger partial charge on any atom is 0.0597 e. The molecule has 0 saturated carbocycles. The third-order valence-corrected chi connectivity index (χ3v) is 3.53. The third-order valence-electron chi connectivity index (χ3n) is 3.53. The number of hydrogen-bond donors (Lipinski definition) is 1. The Morgan fingerprint density at radius 1 is 1.26 bits per heavy atom. The molecule has 0 aliphatic rings. The zero-order valence-electron chi connectivity index (χ0n) is 12.3. The molecule has 102 valence electrons. The summed E-state index contributed by atoms with van der Waals surface area (Å²) >= 11 is 0. The number of hydrogen-bond acceptors (Lipinski definition) is 2. The van der Waals surface area contributed by atoms with Crippen LogP contribution in [0.1, 0.15) is 42.4 Å². The Labute approximate surface area is 115 Å². The molecule has 0 bridgehead atoms. The molecule has 0 saturated heterocycles. The number of nitrogens with one attached hydrogen (secondary N) is 1. The average Bonchev–Trinajstić information content (AvgIpc) is 2.77. The van der Waals surface area contributed by atoms with Crippen LogP contribution in [0.25, 0.3) is 0 Å². The van der Waals surface area contributed by atoms with Crippen LogP contribution < -0.4 is 5.32 Å². The van der Waals surface area contributed by atoms with Gasteiger partial charge in [0.25, 0.3) is 0 Å². The standard InChI is InChI=1S/C16H23N3/c1-5-19-15(10-13(3)18-19)11-17-14(4)16-9-7-6-8-12(16)2/h6-10,14,17H,5,11H2,1-4H3/t14-/m0/s1. The lowest BCUT2D eigenvalue weighted by Gasteiger charge is -2.16. The summed E-state index contributed by atoms with van der Waals surface area (Å²) in [6.07, 6.45) is 0. The lowest BCUT2D eigenvalue weighted by Crippen LogP contribution is -2.20. The van der Waals surface area contributed by atoms with E-state index in [1.54, 1.807) is 0 Å². The summed E-state index contributed by atoms with van der Waals surface area (Å²) in [6, 6.07) is 11.0. The molecule has 1 aromatic heterocycles. The molecule has 19 heavy (non-hydrogen) atoms. The molecule has 0 radical (unpaired) electrons. The minimum atomic E-state index is 0.349. The Balaban J connectivity index is 2.04. The normalized spacial score (nSPS) is 12.6. The van der Waals surface area contributed by atoms with E-state index in [1.807, 2.05) is 6.92 Å². The molecule has 2 aromatic rings. The minimum Gasteiger partial charge on any atom is -0.305 e. The van der Waals surface area contributed by atoms with E-state index in [0.717, 1.165) is 18.8 Å². The number of nitrogens with zero attached hydrogens (tertiary/aromatic N) is 2. The second-order valence-corrected chi connectivity index (χ2v) is 5.05. The molecule has 1 aromatic carbocycles. The summed E-state index contributed by atoms with van der Waals surface area (Å²) in [4.78, 5) is 0. The van der Waals surface area contributed by atoms with Crippen LogP contribution in [0.4, 0.5) is 0 Å². The lowest BCUT2D eigenvalue weighted by molar-refractivity contribution is 0.529. The van der Waals surface area contributed by atoms with Gasteiger partial charge in [0.05, 0.1) is 11.4 Å². The van der Waals surface area contributed by atoms with Gasteiger partial charge >= 0.3 is 0 Å². The van der Waals surface area contributed by atoms with Crippen LogP contribution >= 0.6 is 0 Å². The Hall–Kier alpha value is -1.61. The van der Waals surface area contributed by atoms with Crippen molar-refractivity contribution in [3.8, 4) is 0 Å². The first-order valence-electron chi connectivity index (χ1n) is 6.94. The van der Waals surface area contributed by atoms with Gasteiger partial charge in [0.1, 0.15) is 0 Å². The Morgan fingerprint density at radius 2 is 2.00 bits per heavy atom. The molecule has 1 N–H and O–H groups in total. The van der Waals surface area contributed by atoms with E-state index in [9.17, 15) is 0 Å². The van der Waals surface area contributed by atoms with Crippen molar-refractivity contribution in [3.63, 3.8) is 0 Å². The predicted octanol–water partition coefficient (Wildman–Crippen LogP) is 3.37. The fourth-order valence-electron chi connectivity index (χ4n) is 2.46.